The van der Waals surface area contributed by atoms with Crippen LogP contribution in [0, 0.1) is 46.3 Å². The van der Waals surface area contributed by atoms with Crippen molar-refractivity contribution in [3.05, 3.63) is 0 Å². The Bertz CT molecular complexity index is 520. The fraction of sp³-hybridized carbons (Fsp3) is 1.00. The summed E-state index contributed by atoms with van der Waals surface area (Å²) < 4.78 is 0. The normalized spacial score (nSPS) is 50.4. The molecule has 6 rings (SSSR count). The van der Waals surface area contributed by atoms with Crippen LogP contribution in [0.15, 0.2) is 0 Å². The van der Waals surface area contributed by atoms with Gasteiger partial charge in [0.25, 0.3) is 0 Å². The van der Waals surface area contributed by atoms with Gasteiger partial charge in [-0.3, -0.25) is 0 Å². The molecular weight excluding hydrogens is 299 g/mol. The van der Waals surface area contributed by atoms with E-state index in [2.05, 4.69) is 55.4 Å². The SMILES string of the molecule is CCC(C)B([C@H]1[C@H](C)C[C@@H]2C[C@H]1C2(C)C)[C@@H]1C[C@@H]2C[C@H]([C@H]1C)C2(C)C. The van der Waals surface area contributed by atoms with E-state index >= 15 is 0 Å². The summed E-state index contributed by atoms with van der Waals surface area (Å²) in [6.45, 7) is 21.6. The Labute approximate surface area is 158 Å². The molecule has 142 valence electrons. The molecule has 1 unspecified atom stereocenters. The maximum absolute atomic E-state index is 2.64. The highest BCUT2D eigenvalue weighted by Crippen LogP contribution is 2.71. The minimum Gasteiger partial charge on any atom is -0.0691 e. The fourth-order valence-corrected chi connectivity index (χ4v) is 8.82. The molecule has 0 aliphatic heterocycles. The first-order valence-corrected chi connectivity index (χ1v) is 11.6. The largest absolute Gasteiger partial charge is 0.150 e. The van der Waals surface area contributed by atoms with Crippen LogP contribution in [0.3, 0.4) is 0 Å². The Morgan fingerprint density at radius 2 is 1.44 bits per heavy atom. The zero-order valence-corrected chi connectivity index (χ0v) is 18.3. The molecule has 6 saturated carbocycles. The van der Waals surface area contributed by atoms with Crippen LogP contribution < -0.4 is 0 Å². The average Bonchev–Trinajstić information content (AvgIpc) is 2.56. The summed E-state index contributed by atoms with van der Waals surface area (Å²) in [6, 6.07) is 0. The van der Waals surface area contributed by atoms with Gasteiger partial charge in [-0.25, -0.2) is 0 Å². The third kappa shape index (κ3) is 2.39. The monoisotopic (exact) mass is 342 g/mol. The first-order chi connectivity index (χ1) is 11.6. The van der Waals surface area contributed by atoms with Crippen molar-refractivity contribution in [2.75, 3.05) is 0 Å². The van der Waals surface area contributed by atoms with Gasteiger partial charge < -0.3 is 0 Å². The lowest BCUT2D eigenvalue weighted by Crippen LogP contribution is -2.61. The van der Waals surface area contributed by atoms with Crippen LogP contribution in [0.4, 0.5) is 0 Å². The zero-order valence-electron chi connectivity index (χ0n) is 18.3. The standard InChI is InChI=1S/C24H43B/c1-9-15(3)25(21-13-18-11-19(16(21)4)23(18,5)6)22-14(2)10-17-12-20(22)24(17,7)8/h14-22H,9-13H2,1-8H3/t14-,15?,16-,17-,18+,19-,20-,21-,22+/m1/s1. The van der Waals surface area contributed by atoms with Gasteiger partial charge in [0.1, 0.15) is 6.71 Å². The van der Waals surface area contributed by atoms with Gasteiger partial charge in [-0.15, -0.1) is 0 Å². The smallest absolute Gasteiger partial charge is 0.0691 e. The van der Waals surface area contributed by atoms with E-state index in [0.29, 0.717) is 10.8 Å². The maximum Gasteiger partial charge on any atom is 0.150 e. The Balaban J connectivity index is 1.63. The molecule has 9 atom stereocenters. The van der Waals surface area contributed by atoms with Gasteiger partial charge in [0.05, 0.1) is 0 Å². The van der Waals surface area contributed by atoms with Crippen LogP contribution in [-0.2, 0) is 0 Å². The Morgan fingerprint density at radius 1 is 0.880 bits per heavy atom. The quantitative estimate of drug-likeness (QED) is 0.466. The van der Waals surface area contributed by atoms with Crippen molar-refractivity contribution in [3.8, 4) is 0 Å². The van der Waals surface area contributed by atoms with Crippen molar-refractivity contribution in [2.24, 2.45) is 46.3 Å². The van der Waals surface area contributed by atoms with E-state index in [1.54, 1.807) is 12.8 Å². The molecule has 0 spiro atoms. The minimum atomic E-state index is 0.628. The Morgan fingerprint density at radius 3 is 1.96 bits per heavy atom. The van der Waals surface area contributed by atoms with Crippen LogP contribution in [0.1, 0.15) is 87.5 Å². The summed E-state index contributed by atoms with van der Waals surface area (Å²) in [5.41, 5.74) is 1.26. The number of fused-ring (bicyclic) bond motifs is 4. The lowest BCUT2D eigenvalue weighted by Gasteiger charge is -2.67. The summed E-state index contributed by atoms with van der Waals surface area (Å²) >= 11 is 0. The third-order valence-electron chi connectivity index (χ3n) is 11.0. The molecule has 25 heavy (non-hydrogen) atoms. The van der Waals surface area contributed by atoms with Gasteiger partial charge in [-0.1, -0.05) is 85.7 Å². The summed E-state index contributed by atoms with van der Waals surface area (Å²) in [7, 11) is 0. The molecule has 6 aliphatic carbocycles. The van der Waals surface area contributed by atoms with Crippen LogP contribution in [0.5, 0.6) is 0 Å². The van der Waals surface area contributed by atoms with Gasteiger partial charge in [-0.2, -0.15) is 0 Å². The molecule has 6 fully saturated rings. The van der Waals surface area contributed by atoms with E-state index in [0.717, 1.165) is 59.7 Å². The van der Waals surface area contributed by atoms with Crippen molar-refractivity contribution < 1.29 is 0 Å². The topological polar surface area (TPSA) is 0 Å². The Kier molecular flexibility index (Phi) is 4.26. The third-order valence-corrected chi connectivity index (χ3v) is 11.0. The first-order valence-electron chi connectivity index (χ1n) is 11.6. The van der Waals surface area contributed by atoms with Gasteiger partial charge in [0, 0.05) is 0 Å². The predicted molar refractivity (Wildman–Crippen MR) is 111 cm³/mol. The van der Waals surface area contributed by atoms with E-state index in [9.17, 15) is 0 Å². The molecule has 0 aromatic carbocycles. The highest BCUT2D eigenvalue weighted by molar-refractivity contribution is 6.64. The Hall–Kier alpha value is 0.0649. The van der Waals surface area contributed by atoms with Crippen LogP contribution in [0.25, 0.3) is 0 Å². The molecule has 1 heteroatoms. The summed E-state index contributed by atoms with van der Waals surface area (Å²) in [5.74, 6) is 8.90. The maximum atomic E-state index is 2.64. The summed E-state index contributed by atoms with van der Waals surface area (Å²) in [4.78, 5) is 0. The lowest BCUT2D eigenvalue weighted by molar-refractivity contribution is -0.105. The minimum absolute atomic E-state index is 0.628. The van der Waals surface area contributed by atoms with Crippen molar-refractivity contribution in [2.45, 2.75) is 105 Å². The molecule has 0 N–H and O–H groups in total. The van der Waals surface area contributed by atoms with E-state index in [4.69, 9.17) is 0 Å². The fourth-order valence-electron chi connectivity index (χ4n) is 8.82. The van der Waals surface area contributed by atoms with E-state index in [1.165, 1.54) is 19.3 Å². The molecule has 0 nitrogen and oxygen atoms in total. The summed E-state index contributed by atoms with van der Waals surface area (Å²) in [6.07, 6.45) is 7.52. The van der Waals surface area contributed by atoms with Crippen molar-refractivity contribution >= 4 is 6.71 Å². The number of hydrogen-bond acceptors (Lipinski definition) is 0. The van der Waals surface area contributed by atoms with E-state index in [1.807, 2.05) is 0 Å². The van der Waals surface area contributed by atoms with Crippen LogP contribution in [0.2, 0.25) is 17.5 Å². The molecule has 0 saturated heterocycles. The zero-order chi connectivity index (χ0) is 18.3. The molecule has 0 aromatic rings. The van der Waals surface area contributed by atoms with E-state index < -0.39 is 0 Å². The molecule has 6 aliphatic rings. The molecule has 0 aromatic heterocycles. The van der Waals surface area contributed by atoms with Gasteiger partial charge in [0.2, 0.25) is 0 Å². The van der Waals surface area contributed by atoms with Gasteiger partial charge >= 0.3 is 0 Å². The second kappa shape index (κ2) is 5.78. The highest BCUT2D eigenvalue weighted by Gasteiger charge is 2.63. The molecule has 0 radical (unpaired) electrons. The summed E-state index contributed by atoms with van der Waals surface area (Å²) in [5, 5.41) is 0. The van der Waals surface area contributed by atoms with Crippen LogP contribution in [-0.4, -0.2) is 6.71 Å². The first kappa shape index (κ1) is 18.4. The average molecular weight is 342 g/mol. The second-order valence-corrected chi connectivity index (χ2v) is 12.2. The molecular formula is C24H43B. The lowest BCUT2D eigenvalue weighted by atomic mass is 9.16. The number of rotatable bonds is 4. The van der Waals surface area contributed by atoms with Crippen molar-refractivity contribution in [1.29, 1.82) is 0 Å². The van der Waals surface area contributed by atoms with Crippen LogP contribution >= 0.6 is 0 Å². The molecule has 4 bridgehead atoms. The van der Waals surface area contributed by atoms with Gasteiger partial charge in [-0.05, 0) is 65.6 Å². The van der Waals surface area contributed by atoms with Crippen molar-refractivity contribution in [1.82, 2.24) is 0 Å². The van der Waals surface area contributed by atoms with Gasteiger partial charge in [0.15, 0.2) is 0 Å². The second-order valence-electron chi connectivity index (χ2n) is 12.2. The molecule has 0 heterocycles. The van der Waals surface area contributed by atoms with E-state index in [-0.39, 0.29) is 0 Å². The highest BCUT2D eigenvalue weighted by atomic mass is 14.6. The predicted octanol–water partition coefficient (Wildman–Crippen LogP) is 7.43. The molecule has 0 amide bonds. The number of hydrogen-bond donors (Lipinski definition) is 0. The van der Waals surface area contributed by atoms with Crippen molar-refractivity contribution in [3.63, 3.8) is 0 Å².